The Morgan fingerprint density at radius 1 is 1.38 bits per heavy atom. The molecule has 0 heterocycles. The van der Waals surface area contributed by atoms with E-state index in [2.05, 4.69) is 5.32 Å². The summed E-state index contributed by atoms with van der Waals surface area (Å²) in [4.78, 5) is 13.7. The van der Waals surface area contributed by atoms with Crippen LogP contribution in [-0.4, -0.2) is 41.3 Å². The molecular formula is C16H26N2O3. The predicted octanol–water partition coefficient (Wildman–Crippen LogP) is 2.39. The zero-order valence-electron chi connectivity index (χ0n) is 13.3. The first-order valence-corrected chi connectivity index (χ1v) is 7.32. The molecule has 1 aromatic carbocycles. The Kier molecular flexibility index (Phi) is 6.49. The van der Waals surface area contributed by atoms with E-state index in [9.17, 15) is 9.90 Å². The molecule has 0 aliphatic carbocycles. The molecule has 5 heteroatoms. The second-order valence-corrected chi connectivity index (χ2v) is 5.57. The number of nitrogens with zero attached hydrogens (tertiary/aromatic N) is 1. The molecule has 0 aliphatic heterocycles. The Hall–Kier alpha value is -1.75. The van der Waals surface area contributed by atoms with E-state index in [1.165, 1.54) is 0 Å². The topological polar surface area (TPSA) is 61.8 Å². The van der Waals surface area contributed by atoms with Crippen LogP contribution < -0.4 is 10.1 Å². The van der Waals surface area contributed by atoms with Gasteiger partial charge in [0, 0.05) is 13.1 Å². The normalized spacial score (nSPS) is 11.1. The molecule has 0 aromatic heterocycles. The molecule has 0 fully saturated rings. The molecule has 0 aliphatic rings. The third-order valence-corrected chi connectivity index (χ3v) is 2.90. The van der Waals surface area contributed by atoms with Crippen molar-refractivity contribution in [3.05, 3.63) is 29.8 Å². The van der Waals surface area contributed by atoms with Crippen LogP contribution in [-0.2, 0) is 6.54 Å². The Morgan fingerprint density at radius 3 is 2.67 bits per heavy atom. The zero-order chi connectivity index (χ0) is 15.9. The number of amides is 2. The molecule has 118 valence electrons. The van der Waals surface area contributed by atoms with Crippen molar-refractivity contribution in [1.82, 2.24) is 10.2 Å². The third kappa shape index (κ3) is 6.49. The average Bonchev–Trinajstić information content (AvgIpc) is 2.42. The van der Waals surface area contributed by atoms with Gasteiger partial charge in [0.15, 0.2) is 0 Å². The maximum atomic E-state index is 12.1. The van der Waals surface area contributed by atoms with Gasteiger partial charge in [-0.1, -0.05) is 12.1 Å². The lowest BCUT2D eigenvalue weighted by Crippen LogP contribution is -2.46. The molecule has 1 aromatic rings. The molecule has 0 saturated heterocycles. The highest BCUT2D eigenvalue weighted by Crippen LogP contribution is 2.13. The number of rotatable bonds is 7. The van der Waals surface area contributed by atoms with Crippen molar-refractivity contribution in [2.45, 2.75) is 39.8 Å². The number of carbonyl (C=O) groups is 1. The van der Waals surface area contributed by atoms with Crippen LogP contribution in [0.5, 0.6) is 5.75 Å². The highest BCUT2D eigenvalue weighted by molar-refractivity contribution is 5.74. The average molecular weight is 294 g/mol. The number of carbonyl (C=O) groups excluding carboxylic acids is 1. The van der Waals surface area contributed by atoms with Gasteiger partial charge in [0.2, 0.25) is 0 Å². The largest absolute Gasteiger partial charge is 0.494 e. The van der Waals surface area contributed by atoms with Crippen molar-refractivity contribution in [2.75, 3.05) is 19.7 Å². The summed E-state index contributed by atoms with van der Waals surface area (Å²) >= 11 is 0. The molecule has 0 spiro atoms. The number of aliphatic hydroxyl groups is 1. The van der Waals surface area contributed by atoms with Crippen molar-refractivity contribution >= 4 is 6.03 Å². The fraction of sp³-hybridized carbons (Fsp3) is 0.562. The van der Waals surface area contributed by atoms with E-state index in [1.54, 1.807) is 18.7 Å². The molecule has 0 bridgehead atoms. The van der Waals surface area contributed by atoms with E-state index < -0.39 is 5.60 Å². The number of hydrogen-bond donors (Lipinski definition) is 2. The molecule has 2 amide bonds. The highest BCUT2D eigenvalue weighted by atomic mass is 16.5. The first kappa shape index (κ1) is 17.3. The summed E-state index contributed by atoms with van der Waals surface area (Å²) in [5.41, 5.74) is 0.0796. The number of likely N-dealkylation sites (N-methyl/N-ethyl adjacent to an activating group) is 1. The summed E-state index contributed by atoms with van der Waals surface area (Å²) in [5.74, 6) is 0.799. The molecule has 5 nitrogen and oxygen atoms in total. The number of hydrogen-bond acceptors (Lipinski definition) is 3. The summed E-state index contributed by atoms with van der Waals surface area (Å²) in [7, 11) is 0. The number of urea groups is 1. The van der Waals surface area contributed by atoms with Gasteiger partial charge in [-0.25, -0.2) is 4.79 Å². The first-order chi connectivity index (χ1) is 9.85. The van der Waals surface area contributed by atoms with E-state index in [0.717, 1.165) is 11.3 Å². The van der Waals surface area contributed by atoms with E-state index in [4.69, 9.17) is 4.74 Å². The maximum absolute atomic E-state index is 12.1. The van der Waals surface area contributed by atoms with Crippen molar-refractivity contribution in [3.63, 3.8) is 0 Å². The summed E-state index contributed by atoms with van der Waals surface area (Å²) < 4.78 is 5.43. The smallest absolute Gasteiger partial charge is 0.317 e. The third-order valence-electron chi connectivity index (χ3n) is 2.90. The molecule has 0 atom stereocenters. The van der Waals surface area contributed by atoms with Gasteiger partial charge in [-0.15, -0.1) is 0 Å². The quantitative estimate of drug-likeness (QED) is 0.811. The monoisotopic (exact) mass is 294 g/mol. The van der Waals surface area contributed by atoms with Crippen LogP contribution in [0.2, 0.25) is 0 Å². The van der Waals surface area contributed by atoms with Gasteiger partial charge < -0.3 is 20.1 Å². The number of benzene rings is 1. The van der Waals surface area contributed by atoms with Crippen LogP contribution >= 0.6 is 0 Å². The van der Waals surface area contributed by atoms with Gasteiger partial charge in [-0.2, -0.15) is 0 Å². The van der Waals surface area contributed by atoms with Crippen LogP contribution in [0.4, 0.5) is 4.79 Å². The fourth-order valence-corrected chi connectivity index (χ4v) is 2.00. The van der Waals surface area contributed by atoms with Gasteiger partial charge in [-0.05, 0) is 45.4 Å². The molecule has 0 saturated carbocycles. The Balaban J connectivity index is 2.56. The second kappa shape index (κ2) is 7.88. The van der Waals surface area contributed by atoms with E-state index in [1.807, 2.05) is 38.1 Å². The van der Waals surface area contributed by atoms with Gasteiger partial charge in [0.05, 0.1) is 18.8 Å². The van der Waals surface area contributed by atoms with Crippen LogP contribution in [0.15, 0.2) is 24.3 Å². The highest BCUT2D eigenvalue weighted by Gasteiger charge is 2.20. The minimum absolute atomic E-state index is 0.179. The van der Waals surface area contributed by atoms with Crippen LogP contribution in [0, 0.1) is 0 Å². The van der Waals surface area contributed by atoms with Gasteiger partial charge >= 0.3 is 6.03 Å². The maximum Gasteiger partial charge on any atom is 0.317 e. The SMILES string of the molecule is CCOc1cccc(CNC(=O)N(CC)CC(C)(C)O)c1. The zero-order valence-corrected chi connectivity index (χ0v) is 13.3. The summed E-state index contributed by atoms with van der Waals surface area (Å²) in [5, 5.41) is 12.7. The number of ether oxygens (including phenoxy) is 1. The fourth-order valence-electron chi connectivity index (χ4n) is 2.00. The molecule has 0 radical (unpaired) electrons. The molecule has 1 rings (SSSR count). The molecule has 2 N–H and O–H groups in total. The van der Waals surface area contributed by atoms with Crippen LogP contribution in [0.3, 0.4) is 0 Å². The van der Waals surface area contributed by atoms with E-state index in [0.29, 0.717) is 26.2 Å². The first-order valence-electron chi connectivity index (χ1n) is 7.32. The summed E-state index contributed by atoms with van der Waals surface area (Å²) in [6, 6.07) is 7.47. The minimum Gasteiger partial charge on any atom is -0.494 e. The Bertz CT molecular complexity index is 455. The minimum atomic E-state index is -0.901. The second-order valence-electron chi connectivity index (χ2n) is 5.57. The predicted molar refractivity (Wildman–Crippen MR) is 83.4 cm³/mol. The van der Waals surface area contributed by atoms with Crippen LogP contribution in [0.25, 0.3) is 0 Å². The van der Waals surface area contributed by atoms with E-state index in [-0.39, 0.29) is 6.03 Å². The standard InChI is InChI=1S/C16H26N2O3/c1-5-18(12-16(3,4)20)15(19)17-11-13-8-7-9-14(10-13)21-6-2/h7-10,20H,5-6,11-12H2,1-4H3,(H,17,19). The Labute approximate surface area is 126 Å². The van der Waals surface area contributed by atoms with Crippen molar-refractivity contribution in [2.24, 2.45) is 0 Å². The van der Waals surface area contributed by atoms with E-state index >= 15 is 0 Å². The van der Waals surface area contributed by atoms with Gasteiger partial charge in [0.1, 0.15) is 5.75 Å². The molecule has 21 heavy (non-hydrogen) atoms. The van der Waals surface area contributed by atoms with Crippen molar-refractivity contribution in [1.29, 1.82) is 0 Å². The van der Waals surface area contributed by atoms with Crippen molar-refractivity contribution < 1.29 is 14.6 Å². The summed E-state index contributed by atoms with van der Waals surface area (Å²) in [6.45, 7) is 9.10. The lowest BCUT2D eigenvalue weighted by Gasteiger charge is -2.28. The Morgan fingerprint density at radius 2 is 2.10 bits per heavy atom. The molecular weight excluding hydrogens is 268 g/mol. The lowest BCUT2D eigenvalue weighted by molar-refractivity contribution is 0.0480. The van der Waals surface area contributed by atoms with Crippen LogP contribution in [0.1, 0.15) is 33.3 Å². The lowest BCUT2D eigenvalue weighted by atomic mass is 10.1. The van der Waals surface area contributed by atoms with Gasteiger partial charge in [0.25, 0.3) is 0 Å². The van der Waals surface area contributed by atoms with Gasteiger partial charge in [-0.3, -0.25) is 0 Å². The summed E-state index contributed by atoms with van der Waals surface area (Å²) in [6.07, 6.45) is 0. The molecule has 0 unspecified atom stereocenters. The van der Waals surface area contributed by atoms with Crippen molar-refractivity contribution in [3.8, 4) is 5.75 Å². The number of nitrogens with one attached hydrogen (secondary N) is 1.